The molecule has 0 aromatic carbocycles. The predicted molar refractivity (Wildman–Crippen MR) is 47.1 cm³/mol. The second-order valence-electron chi connectivity index (χ2n) is 3.06. The van der Waals surface area contributed by atoms with Crippen LogP contribution < -0.4 is 0 Å². The smallest absolute Gasteiger partial charge is 0.345 e. The Morgan fingerprint density at radius 2 is 1.77 bits per heavy atom. The summed E-state index contributed by atoms with van der Waals surface area (Å²) in [6, 6.07) is 0. The third-order valence-electron chi connectivity index (χ3n) is 1.49. The lowest BCUT2D eigenvalue weighted by atomic mass is 10.1. The van der Waals surface area contributed by atoms with Crippen LogP contribution in [0.4, 0.5) is 0 Å². The van der Waals surface area contributed by atoms with Gasteiger partial charge in [-0.1, -0.05) is 6.92 Å². The van der Waals surface area contributed by atoms with Gasteiger partial charge in [-0.15, -0.1) is 0 Å². The van der Waals surface area contributed by atoms with Gasteiger partial charge in [0.15, 0.2) is 5.60 Å². The van der Waals surface area contributed by atoms with E-state index in [-0.39, 0.29) is 6.42 Å². The van der Waals surface area contributed by atoms with Crippen LogP contribution in [0.15, 0.2) is 0 Å². The first-order chi connectivity index (χ1) is 5.94. The highest BCUT2D eigenvalue weighted by Crippen LogP contribution is 2.11. The fourth-order valence-corrected chi connectivity index (χ4v) is 0.718. The van der Waals surface area contributed by atoms with Crippen LogP contribution in [0.3, 0.4) is 0 Å². The molecule has 0 aliphatic rings. The first-order valence-corrected chi connectivity index (χ1v) is 4.33. The summed E-state index contributed by atoms with van der Waals surface area (Å²) >= 11 is 0. The van der Waals surface area contributed by atoms with Gasteiger partial charge in [-0.05, 0) is 20.8 Å². The number of hydrogen-bond acceptors (Lipinski definition) is 4. The van der Waals surface area contributed by atoms with Crippen molar-refractivity contribution in [2.24, 2.45) is 0 Å². The largest absolute Gasteiger partial charge is 0.391 e. The molecule has 0 spiro atoms. The van der Waals surface area contributed by atoms with Crippen LogP contribution in [-0.2, 0) is 19.1 Å². The summed E-state index contributed by atoms with van der Waals surface area (Å²) in [5.41, 5.74) is -1.04. The molecule has 0 aliphatic carbocycles. The molecule has 0 heterocycles. The van der Waals surface area contributed by atoms with Crippen molar-refractivity contribution in [3.8, 4) is 0 Å². The van der Waals surface area contributed by atoms with E-state index >= 15 is 0 Å². The third kappa shape index (κ3) is 4.03. The molecule has 13 heavy (non-hydrogen) atoms. The van der Waals surface area contributed by atoms with Crippen molar-refractivity contribution >= 4 is 11.9 Å². The van der Waals surface area contributed by atoms with E-state index in [0.717, 1.165) is 0 Å². The van der Waals surface area contributed by atoms with Gasteiger partial charge in [0.1, 0.15) is 0 Å². The molecule has 0 amide bonds. The Morgan fingerprint density at radius 1 is 1.23 bits per heavy atom. The quantitative estimate of drug-likeness (QED) is 0.492. The Labute approximate surface area is 78.2 Å². The van der Waals surface area contributed by atoms with Crippen LogP contribution in [0.1, 0.15) is 34.1 Å². The summed E-state index contributed by atoms with van der Waals surface area (Å²) in [6.45, 7) is 6.95. The molecule has 0 saturated carbocycles. The van der Waals surface area contributed by atoms with Crippen molar-refractivity contribution < 1.29 is 19.1 Å². The maximum atomic E-state index is 11.3. The van der Waals surface area contributed by atoms with E-state index in [2.05, 4.69) is 4.74 Å². The van der Waals surface area contributed by atoms with Gasteiger partial charge in [0.25, 0.3) is 0 Å². The molecule has 4 nitrogen and oxygen atoms in total. The SMILES string of the molecule is CCOC(C)(C)C(=O)OC(=O)CC. The molecule has 4 heteroatoms. The lowest BCUT2D eigenvalue weighted by Gasteiger charge is -2.21. The molecule has 0 unspecified atom stereocenters. The number of carbonyl (C=O) groups excluding carboxylic acids is 2. The summed E-state index contributed by atoms with van der Waals surface area (Å²) in [7, 11) is 0. The Morgan fingerprint density at radius 3 is 2.15 bits per heavy atom. The van der Waals surface area contributed by atoms with Gasteiger partial charge >= 0.3 is 11.9 Å². The fourth-order valence-electron chi connectivity index (χ4n) is 0.718. The fraction of sp³-hybridized carbons (Fsp3) is 0.778. The molecular formula is C9H16O4. The average molecular weight is 188 g/mol. The van der Waals surface area contributed by atoms with E-state index in [1.807, 2.05) is 0 Å². The molecular weight excluding hydrogens is 172 g/mol. The molecule has 0 saturated heterocycles. The van der Waals surface area contributed by atoms with Gasteiger partial charge in [-0.25, -0.2) is 4.79 Å². The van der Waals surface area contributed by atoms with E-state index in [0.29, 0.717) is 6.61 Å². The number of esters is 2. The molecule has 76 valence electrons. The summed E-state index contributed by atoms with van der Waals surface area (Å²) in [5.74, 6) is -1.17. The van der Waals surface area contributed by atoms with Gasteiger partial charge in [0.05, 0.1) is 0 Å². The minimum absolute atomic E-state index is 0.188. The van der Waals surface area contributed by atoms with Crippen molar-refractivity contribution in [2.75, 3.05) is 6.61 Å². The summed E-state index contributed by atoms with van der Waals surface area (Å²) in [6.07, 6.45) is 0.188. The van der Waals surface area contributed by atoms with E-state index in [9.17, 15) is 9.59 Å². The van der Waals surface area contributed by atoms with Crippen molar-refractivity contribution in [3.63, 3.8) is 0 Å². The monoisotopic (exact) mass is 188 g/mol. The second-order valence-corrected chi connectivity index (χ2v) is 3.06. The number of carbonyl (C=O) groups is 2. The van der Waals surface area contributed by atoms with E-state index in [4.69, 9.17) is 4.74 Å². The maximum Gasteiger partial charge on any atom is 0.345 e. The highest BCUT2D eigenvalue weighted by molar-refractivity contribution is 5.89. The van der Waals surface area contributed by atoms with Gasteiger partial charge < -0.3 is 9.47 Å². The van der Waals surface area contributed by atoms with Crippen LogP contribution in [-0.4, -0.2) is 24.1 Å². The van der Waals surface area contributed by atoms with E-state index in [1.54, 1.807) is 27.7 Å². The van der Waals surface area contributed by atoms with E-state index in [1.165, 1.54) is 0 Å². The Balaban J connectivity index is 4.16. The molecule has 0 aliphatic heterocycles. The van der Waals surface area contributed by atoms with Gasteiger partial charge in [-0.3, -0.25) is 4.79 Å². The molecule has 0 N–H and O–H groups in total. The van der Waals surface area contributed by atoms with Gasteiger partial charge in [0.2, 0.25) is 0 Å². The standard InChI is InChI=1S/C9H16O4/c1-5-7(10)13-8(11)9(3,4)12-6-2/h5-6H2,1-4H3. The molecule has 0 aromatic rings. The highest BCUT2D eigenvalue weighted by Gasteiger charge is 2.31. The first kappa shape index (κ1) is 12.1. The minimum Gasteiger partial charge on any atom is -0.391 e. The third-order valence-corrected chi connectivity index (χ3v) is 1.49. The van der Waals surface area contributed by atoms with Crippen molar-refractivity contribution in [1.82, 2.24) is 0 Å². The topological polar surface area (TPSA) is 52.6 Å². The minimum atomic E-state index is -1.04. The molecule has 0 aromatic heterocycles. The Bertz CT molecular complexity index is 196. The summed E-state index contributed by atoms with van der Waals surface area (Å²) < 4.78 is 9.62. The predicted octanol–water partition coefficient (Wildman–Crippen LogP) is 1.28. The number of rotatable bonds is 4. The lowest BCUT2D eigenvalue weighted by Crippen LogP contribution is -2.37. The highest BCUT2D eigenvalue weighted by atomic mass is 16.6. The number of hydrogen-bond donors (Lipinski definition) is 0. The van der Waals surface area contributed by atoms with Crippen molar-refractivity contribution in [2.45, 2.75) is 39.7 Å². The van der Waals surface area contributed by atoms with Gasteiger partial charge in [0, 0.05) is 13.0 Å². The number of ether oxygens (including phenoxy) is 2. The van der Waals surface area contributed by atoms with Crippen LogP contribution >= 0.6 is 0 Å². The summed E-state index contributed by atoms with van der Waals surface area (Å²) in [5, 5.41) is 0. The van der Waals surface area contributed by atoms with Crippen molar-refractivity contribution in [3.05, 3.63) is 0 Å². The first-order valence-electron chi connectivity index (χ1n) is 4.33. The lowest BCUT2D eigenvalue weighted by molar-refractivity contribution is -0.175. The van der Waals surface area contributed by atoms with E-state index < -0.39 is 17.5 Å². The maximum absolute atomic E-state index is 11.3. The Hall–Kier alpha value is -0.900. The molecule has 0 fully saturated rings. The second kappa shape index (κ2) is 4.97. The molecule has 0 rings (SSSR count). The normalized spacial score (nSPS) is 11.1. The zero-order chi connectivity index (χ0) is 10.5. The molecule has 0 atom stereocenters. The van der Waals surface area contributed by atoms with Crippen LogP contribution in [0, 0.1) is 0 Å². The van der Waals surface area contributed by atoms with Gasteiger partial charge in [-0.2, -0.15) is 0 Å². The molecule has 0 bridgehead atoms. The average Bonchev–Trinajstić information content (AvgIpc) is 2.04. The Kier molecular flexibility index (Phi) is 4.62. The zero-order valence-electron chi connectivity index (χ0n) is 8.55. The van der Waals surface area contributed by atoms with Crippen LogP contribution in [0.25, 0.3) is 0 Å². The molecule has 0 radical (unpaired) electrons. The zero-order valence-corrected chi connectivity index (χ0v) is 8.55. The summed E-state index contributed by atoms with van der Waals surface area (Å²) in [4.78, 5) is 22.0. The van der Waals surface area contributed by atoms with Crippen LogP contribution in [0.5, 0.6) is 0 Å². The van der Waals surface area contributed by atoms with Crippen LogP contribution in [0.2, 0.25) is 0 Å². The van der Waals surface area contributed by atoms with Crippen molar-refractivity contribution in [1.29, 1.82) is 0 Å².